The van der Waals surface area contributed by atoms with Gasteiger partial charge in [0.05, 0.1) is 5.69 Å². The highest BCUT2D eigenvalue weighted by molar-refractivity contribution is 6.01. The van der Waals surface area contributed by atoms with Crippen molar-refractivity contribution in [1.82, 2.24) is 20.2 Å². The van der Waals surface area contributed by atoms with Gasteiger partial charge in [0.15, 0.2) is 0 Å². The van der Waals surface area contributed by atoms with Gasteiger partial charge in [-0.15, -0.1) is 15.0 Å². The Hall–Kier alpha value is -3.80. The van der Waals surface area contributed by atoms with E-state index in [4.69, 9.17) is 0 Å². The molecule has 0 bridgehead atoms. The number of fused-ring (bicyclic) bond motifs is 3. The standard InChI is InChI=1S/C21H15N5O/c27-21(20-23-25-26(24-20)17-7-2-1-3-8-17)22-16-10-11-19-15(13-16)12-14-6-4-5-9-18(14)19/h1-11,13H,12H2,(H,22,27). The molecule has 1 heterocycles. The largest absolute Gasteiger partial charge is 0.319 e. The Bertz CT molecular complexity index is 1150. The maximum Gasteiger partial charge on any atom is 0.297 e. The van der Waals surface area contributed by atoms with Crippen LogP contribution in [0.25, 0.3) is 16.8 Å². The lowest BCUT2D eigenvalue weighted by atomic mass is 10.1. The molecule has 0 saturated carbocycles. The van der Waals surface area contributed by atoms with Crippen LogP contribution in [0.2, 0.25) is 0 Å². The van der Waals surface area contributed by atoms with Gasteiger partial charge in [0.2, 0.25) is 0 Å². The van der Waals surface area contributed by atoms with E-state index < -0.39 is 0 Å². The zero-order valence-electron chi connectivity index (χ0n) is 14.3. The van der Waals surface area contributed by atoms with Gasteiger partial charge in [-0.25, -0.2) is 0 Å². The number of nitrogens with zero attached hydrogens (tertiary/aromatic N) is 4. The highest BCUT2D eigenvalue weighted by atomic mass is 16.2. The van der Waals surface area contributed by atoms with E-state index >= 15 is 0 Å². The molecular formula is C21H15N5O. The molecule has 1 N–H and O–H groups in total. The minimum atomic E-state index is -0.382. The first-order valence-electron chi connectivity index (χ1n) is 8.66. The molecule has 0 unspecified atom stereocenters. The van der Waals surface area contributed by atoms with Crippen molar-refractivity contribution in [2.45, 2.75) is 6.42 Å². The second-order valence-corrected chi connectivity index (χ2v) is 6.40. The number of carbonyl (C=O) groups is 1. The molecular weight excluding hydrogens is 338 g/mol. The van der Waals surface area contributed by atoms with Crippen LogP contribution in [-0.4, -0.2) is 26.1 Å². The lowest BCUT2D eigenvalue weighted by Crippen LogP contribution is -2.14. The van der Waals surface area contributed by atoms with Crippen LogP contribution in [0.3, 0.4) is 0 Å². The van der Waals surface area contributed by atoms with Gasteiger partial charge in [0.1, 0.15) is 0 Å². The van der Waals surface area contributed by atoms with Crippen LogP contribution in [0.5, 0.6) is 0 Å². The number of carbonyl (C=O) groups excluding carboxylic acids is 1. The molecule has 6 nitrogen and oxygen atoms in total. The maximum atomic E-state index is 12.5. The number of aromatic nitrogens is 4. The van der Waals surface area contributed by atoms with E-state index in [9.17, 15) is 4.79 Å². The molecule has 1 aliphatic rings. The lowest BCUT2D eigenvalue weighted by Gasteiger charge is -2.06. The second-order valence-electron chi connectivity index (χ2n) is 6.40. The predicted octanol–water partition coefficient (Wildman–Crippen LogP) is 3.49. The van der Waals surface area contributed by atoms with Crippen molar-refractivity contribution in [2.24, 2.45) is 0 Å². The summed E-state index contributed by atoms with van der Waals surface area (Å²) in [6.45, 7) is 0. The van der Waals surface area contributed by atoms with Gasteiger partial charge in [0, 0.05) is 5.69 Å². The molecule has 27 heavy (non-hydrogen) atoms. The van der Waals surface area contributed by atoms with Gasteiger partial charge in [-0.2, -0.15) is 0 Å². The van der Waals surface area contributed by atoms with Crippen molar-refractivity contribution in [1.29, 1.82) is 0 Å². The molecule has 6 heteroatoms. The number of tetrazole rings is 1. The summed E-state index contributed by atoms with van der Waals surface area (Å²) in [4.78, 5) is 13.8. The van der Waals surface area contributed by atoms with Crippen molar-refractivity contribution in [2.75, 3.05) is 5.32 Å². The van der Waals surface area contributed by atoms with Gasteiger partial charge < -0.3 is 5.32 Å². The number of amides is 1. The predicted molar refractivity (Wildman–Crippen MR) is 102 cm³/mol. The molecule has 1 amide bonds. The molecule has 130 valence electrons. The fourth-order valence-corrected chi connectivity index (χ4v) is 3.39. The van der Waals surface area contributed by atoms with Crippen molar-refractivity contribution in [3.63, 3.8) is 0 Å². The van der Waals surface area contributed by atoms with Crippen molar-refractivity contribution in [3.8, 4) is 16.8 Å². The summed E-state index contributed by atoms with van der Waals surface area (Å²) >= 11 is 0. The van der Waals surface area contributed by atoms with Crippen LogP contribution in [0, 0.1) is 0 Å². The highest BCUT2D eigenvalue weighted by Crippen LogP contribution is 2.37. The summed E-state index contributed by atoms with van der Waals surface area (Å²) in [5.74, 6) is -0.352. The van der Waals surface area contributed by atoms with E-state index in [2.05, 4.69) is 38.9 Å². The summed E-state index contributed by atoms with van der Waals surface area (Å²) in [5, 5.41) is 14.8. The first-order chi connectivity index (χ1) is 13.3. The normalized spacial score (nSPS) is 11.7. The van der Waals surface area contributed by atoms with Gasteiger partial charge in [-0.1, -0.05) is 48.5 Å². The molecule has 4 aromatic rings. The van der Waals surface area contributed by atoms with Gasteiger partial charge >= 0.3 is 0 Å². The van der Waals surface area contributed by atoms with E-state index in [1.807, 2.05) is 54.6 Å². The average molecular weight is 353 g/mol. The third kappa shape index (κ3) is 2.77. The van der Waals surface area contributed by atoms with E-state index in [1.165, 1.54) is 27.1 Å². The number of benzene rings is 3. The van der Waals surface area contributed by atoms with E-state index in [1.54, 1.807) is 0 Å². The number of para-hydroxylation sites is 1. The van der Waals surface area contributed by atoms with Gasteiger partial charge in [-0.05, 0) is 58.2 Å². The Kier molecular flexibility index (Phi) is 3.53. The van der Waals surface area contributed by atoms with Gasteiger partial charge in [0.25, 0.3) is 11.7 Å². The third-order valence-corrected chi connectivity index (χ3v) is 4.66. The first kappa shape index (κ1) is 15.5. The Morgan fingerprint density at radius 2 is 1.67 bits per heavy atom. The average Bonchev–Trinajstić information content (AvgIpc) is 3.33. The Morgan fingerprint density at radius 1 is 0.889 bits per heavy atom. The van der Waals surface area contributed by atoms with Crippen LogP contribution in [0.1, 0.15) is 21.7 Å². The van der Waals surface area contributed by atoms with Crippen LogP contribution >= 0.6 is 0 Å². The minimum absolute atomic E-state index is 0.0302. The van der Waals surface area contributed by atoms with Crippen LogP contribution < -0.4 is 5.32 Å². The number of hydrogen-bond acceptors (Lipinski definition) is 4. The van der Waals surface area contributed by atoms with Crippen molar-refractivity contribution >= 4 is 11.6 Å². The fraction of sp³-hybridized carbons (Fsp3) is 0.0476. The fourth-order valence-electron chi connectivity index (χ4n) is 3.39. The highest BCUT2D eigenvalue weighted by Gasteiger charge is 2.19. The molecule has 0 fully saturated rings. The van der Waals surface area contributed by atoms with Gasteiger partial charge in [-0.3, -0.25) is 4.79 Å². The van der Waals surface area contributed by atoms with Crippen LogP contribution in [0.4, 0.5) is 5.69 Å². The van der Waals surface area contributed by atoms with Crippen LogP contribution in [-0.2, 0) is 6.42 Å². The molecule has 3 aromatic carbocycles. The van der Waals surface area contributed by atoms with E-state index in [0.717, 1.165) is 17.8 Å². The molecule has 0 atom stereocenters. The molecule has 0 aliphatic heterocycles. The number of anilines is 1. The Balaban J connectivity index is 1.37. The zero-order chi connectivity index (χ0) is 18.2. The summed E-state index contributed by atoms with van der Waals surface area (Å²) in [6, 6.07) is 23.7. The second kappa shape index (κ2) is 6.17. The Labute approximate surface area is 155 Å². The summed E-state index contributed by atoms with van der Waals surface area (Å²) in [6.07, 6.45) is 0.873. The number of rotatable bonds is 3. The third-order valence-electron chi connectivity index (χ3n) is 4.66. The summed E-state index contributed by atoms with van der Waals surface area (Å²) in [5.41, 5.74) is 6.47. The van der Waals surface area contributed by atoms with Crippen LogP contribution in [0.15, 0.2) is 72.8 Å². The minimum Gasteiger partial charge on any atom is -0.319 e. The molecule has 5 rings (SSSR count). The molecule has 0 saturated heterocycles. The van der Waals surface area contributed by atoms with E-state index in [0.29, 0.717) is 0 Å². The topological polar surface area (TPSA) is 72.7 Å². The Morgan fingerprint density at radius 3 is 2.56 bits per heavy atom. The molecule has 1 aliphatic carbocycles. The summed E-state index contributed by atoms with van der Waals surface area (Å²) < 4.78 is 0. The van der Waals surface area contributed by atoms with E-state index in [-0.39, 0.29) is 11.7 Å². The number of hydrogen-bond donors (Lipinski definition) is 1. The molecule has 0 radical (unpaired) electrons. The SMILES string of the molecule is O=C(Nc1ccc2c(c1)Cc1ccccc1-2)c1nnn(-c2ccccc2)n1. The molecule has 1 aromatic heterocycles. The van der Waals surface area contributed by atoms with Crippen molar-refractivity contribution in [3.05, 3.63) is 89.7 Å². The lowest BCUT2D eigenvalue weighted by molar-refractivity contribution is 0.101. The monoisotopic (exact) mass is 353 g/mol. The van der Waals surface area contributed by atoms with Crippen molar-refractivity contribution < 1.29 is 4.79 Å². The quantitative estimate of drug-likeness (QED) is 0.539. The maximum absolute atomic E-state index is 12.5. The molecule has 0 spiro atoms. The zero-order valence-corrected chi connectivity index (χ0v) is 14.3. The summed E-state index contributed by atoms with van der Waals surface area (Å²) in [7, 11) is 0. The smallest absolute Gasteiger partial charge is 0.297 e. The number of nitrogens with one attached hydrogen (secondary N) is 1. The first-order valence-corrected chi connectivity index (χ1v) is 8.66.